The monoisotopic (exact) mass is 277 g/mol. The molecule has 0 bridgehead atoms. The summed E-state index contributed by atoms with van der Waals surface area (Å²) in [4.78, 5) is 16.8. The third-order valence-corrected chi connectivity index (χ3v) is 5.03. The van der Waals surface area contributed by atoms with Crippen molar-refractivity contribution in [3.8, 4) is 0 Å². The molecule has 2 aliphatic heterocycles. The molecule has 0 aromatic carbocycles. The number of carbonyl (C=O) groups excluding carboxylic acids is 1. The fourth-order valence-corrected chi connectivity index (χ4v) is 3.72. The first-order chi connectivity index (χ1) is 9.83. The van der Waals surface area contributed by atoms with E-state index >= 15 is 0 Å². The first-order valence-corrected chi connectivity index (χ1v) is 8.25. The molecule has 0 unspecified atom stereocenters. The van der Waals surface area contributed by atoms with Crippen LogP contribution in [0.15, 0.2) is 12.2 Å². The molecule has 4 nitrogen and oxygen atoms in total. The molecule has 0 radical (unpaired) electrons. The zero-order valence-corrected chi connectivity index (χ0v) is 12.4. The largest absolute Gasteiger partial charge is 0.338 e. The summed E-state index contributed by atoms with van der Waals surface area (Å²) in [5.41, 5.74) is 0. The number of amides is 2. The molecule has 1 N–H and O–H groups in total. The Hall–Kier alpha value is -1.03. The first-order valence-electron chi connectivity index (χ1n) is 8.25. The van der Waals surface area contributed by atoms with E-state index in [0.717, 1.165) is 32.5 Å². The van der Waals surface area contributed by atoms with Gasteiger partial charge in [0.1, 0.15) is 0 Å². The van der Waals surface area contributed by atoms with Gasteiger partial charge >= 0.3 is 6.03 Å². The summed E-state index contributed by atoms with van der Waals surface area (Å²) in [5, 5.41) is 3.14. The molecule has 2 fully saturated rings. The van der Waals surface area contributed by atoms with Crippen LogP contribution in [0.4, 0.5) is 4.79 Å². The van der Waals surface area contributed by atoms with Gasteiger partial charge in [0.15, 0.2) is 0 Å². The number of carbonyl (C=O) groups is 1. The van der Waals surface area contributed by atoms with Gasteiger partial charge in [-0.05, 0) is 57.5 Å². The molecule has 3 aliphatic rings. The number of nitrogens with zero attached hydrogens (tertiary/aromatic N) is 2. The van der Waals surface area contributed by atoms with E-state index < -0.39 is 0 Å². The summed E-state index contributed by atoms with van der Waals surface area (Å²) < 4.78 is 0. The van der Waals surface area contributed by atoms with Gasteiger partial charge in [-0.1, -0.05) is 12.2 Å². The summed E-state index contributed by atoms with van der Waals surface area (Å²) in [6.07, 6.45) is 11.8. The number of allylic oxidation sites excluding steroid dienone is 2. The average molecular weight is 277 g/mol. The Balaban J connectivity index is 1.40. The van der Waals surface area contributed by atoms with Gasteiger partial charge in [0.25, 0.3) is 0 Å². The number of hydrogen-bond donors (Lipinski definition) is 1. The maximum Gasteiger partial charge on any atom is 0.317 e. The zero-order chi connectivity index (χ0) is 13.8. The van der Waals surface area contributed by atoms with Crippen LogP contribution in [0, 0.1) is 5.92 Å². The van der Waals surface area contributed by atoms with Crippen LogP contribution in [-0.4, -0.2) is 54.6 Å². The van der Waals surface area contributed by atoms with Crippen molar-refractivity contribution in [3.05, 3.63) is 12.2 Å². The molecule has 112 valence electrons. The lowest BCUT2D eigenvalue weighted by Gasteiger charge is -2.24. The predicted molar refractivity (Wildman–Crippen MR) is 80.7 cm³/mol. The van der Waals surface area contributed by atoms with E-state index in [4.69, 9.17) is 0 Å². The van der Waals surface area contributed by atoms with Crippen molar-refractivity contribution in [3.63, 3.8) is 0 Å². The van der Waals surface area contributed by atoms with Crippen LogP contribution in [0.1, 0.15) is 38.5 Å². The van der Waals surface area contributed by atoms with Crippen LogP contribution < -0.4 is 5.32 Å². The highest BCUT2D eigenvalue weighted by molar-refractivity contribution is 5.74. The zero-order valence-electron chi connectivity index (χ0n) is 12.4. The van der Waals surface area contributed by atoms with Crippen molar-refractivity contribution in [1.29, 1.82) is 0 Å². The van der Waals surface area contributed by atoms with Crippen LogP contribution in [0.3, 0.4) is 0 Å². The molecule has 2 heterocycles. The van der Waals surface area contributed by atoms with Gasteiger partial charge in [-0.3, -0.25) is 4.90 Å². The molecule has 1 aliphatic carbocycles. The van der Waals surface area contributed by atoms with E-state index in [1.807, 2.05) is 4.90 Å². The molecule has 0 saturated carbocycles. The van der Waals surface area contributed by atoms with Crippen molar-refractivity contribution < 1.29 is 4.79 Å². The molecule has 2 atom stereocenters. The highest BCUT2D eigenvalue weighted by atomic mass is 16.2. The van der Waals surface area contributed by atoms with E-state index in [-0.39, 0.29) is 6.03 Å². The smallest absolute Gasteiger partial charge is 0.317 e. The van der Waals surface area contributed by atoms with E-state index in [1.165, 1.54) is 38.8 Å². The summed E-state index contributed by atoms with van der Waals surface area (Å²) in [6, 6.07) is 0.766. The molecule has 3 rings (SSSR count). The Morgan fingerprint density at radius 2 is 2.00 bits per heavy atom. The lowest BCUT2D eigenvalue weighted by molar-refractivity contribution is 0.196. The highest BCUT2D eigenvalue weighted by Crippen LogP contribution is 2.21. The molecule has 0 spiro atoms. The fraction of sp³-hybridized carbons (Fsp3) is 0.812. The minimum Gasteiger partial charge on any atom is -0.338 e. The van der Waals surface area contributed by atoms with E-state index in [2.05, 4.69) is 22.4 Å². The average Bonchev–Trinajstić information content (AvgIpc) is 3.16. The van der Waals surface area contributed by atoms with Crippen LogP contribution in [0.2, 0.25) is 0 Å². The third kappa shape index (κ3) is 3.35. The SMILES string of the molecule is O=C(NC[C@H]1CC=CCC1)N1CC[C@@H](N2CCCC2)C1. The molecule has 0 aromatic rings. The number of likely N-dealkylation sites (tertiary alicyclic amines) is 2. The molecular formula is C16H27N3O. The highest BCUT2D eigenvalue weighted by Gasteiger charge is 2.31. The van der Waals surface area contributed by atoms with Crippen molar-refractivity contribution in [2.24, 2.45) is 5.92 Å². The van der Waals surface area contributed by atoms with Crippen LogP contribution in [0.5, 0.6) is 0 Å². The Morgan fingerprint density at radius 1 is 1.15 bits per heavy atom. The number of urea groups is 1. The second kappa shape index (κ2) is 6.61. The lowest BCUT2D eigenvalue weighted by atomic mass is 9.94. The van der Waals surface area contributed by atoms with Gasteiger partial charge in [0.05, 0.1) is 0 Å². The minimum absolute atomic E-state index is 0.154. The quantitative estimate of drug-likeness (QED) is 0.803. The Kier molecular flexibility index (Phi) is 4.61. The number of nitrogens with one attached hydrogen (secondary N) is 1. The maximum atomic E-state index is 12.2. The van der Waals surface area contributed by atoms with Crippen molar-refractivity contribution in [2.75, 3.05) is 32.7 Å². The second-order valence-corrected chi connectivity index (χ2v) is 6.47. The van der Waals surface area contributed by atoms with Gasteiger partial charge in [-0.25, -0.2) is 4.79 Å². The Bertz CT molecular complexity index is 363. The third-order valence-electron chi connectivity index (χ3n) is 5.03. The van der Waals surface area contributed by atoms with Crippen LogP contribution >= 0.6 is 0 Å². The lowest BCUT2D eigenvalue weighted by Crippen LogP contribution is -2.43. The molecule has 4 heteroatoms. The van der Waals surface area contributed by atoms with Gasteiger partial charge in [0.2, 0.25) is 0 Å². The van der Waals surface area contributed by atoms with Gasteiger partial charge in [0, 0.05) is 25.7 Å². The summed E-state index contributed by atoms with van der Waals surface area (Å²) in [7, 11) is 0. The van der Waals surface area contributed by atoms with Crippen molar-refractivity contribution >= 4 is 6.03 Å². The Labute approximate surface area is 122 Å². The topological polar surface area (TPSA) is 35.6 Å². The van der Waals surface area contributed by atoms with Gasteiger partial charge < -0.3 is 10.2 Å². The predicted octanol–water partition coefficient (Wildman–Crippen LogP) is 2.22. The number of hydrogen-bond acceptors (Lipinski definition) is 2. The second-order valence-electron chi connectivity index (χ2n) is 6.47. The summed E-state index contributed by atoms with van der Waals surface area (Å²) >= 11 is 0. The van der Waals surface area contributed by atoms with Crippen molar-refractivity contribution in [2.45, 2.75) is 44.6 Å². The normalized spacial score (nSPS) is 30.9. The number of rotatable bonds is 3. The molecule has 0 aromatic heterocycles. The van der Waals surface area contributed by atoms with E-state index in [0.29, 0.717) is 12.0 Å². The first kappa shape index (κ1) is 13.9. The van der Waals surface area contributed by atoms with Gasteiger partial charge in [-0.15, -0.1) is 0 Å². The standard InChI is InChI=1S/C16H27N3O/c20-16(17-12-14-6-2-1-3-7-14)19-11-8-15(13-19)18-9-4-5-10-18/h1-2,14-15H,3-13H2,(H,17,20)/t14-,15+/m0/s1. The van der Waals surface area contributed by atoms with Crippen LogP contribution in [0.25, 0.3) is 0 Å². The molecule has 2 saturated heterocycles. The minimum atomic E-state index is 0.154. The van der Waals surface area contributed by atoms with Gasteiger partial charge in [-0.2, -0.15) is 0 Å². The van der Waals surface area contributed by atoms with E-state index in [9.17, 15) is 4.79 Å². The molecule has 20 heavy (non-hydrogen) atoms. The van der Waals surface area contributed by atoms with Crippen LogP contribution in [-0.2, 0) is 0 Å². The van der Waals surface area contributed by atoms with Crippen molar-refractivity contribution in [1.82, 2.24) is 15.1 Å². The maximum absolute atomic E-state index is 12.2. The van der Waals surface area contributed by atoms with E-state index in [1.54, 1.807) is 0 Å². The molecular weight excluding hydrogens is 250 g/mol. The fourth-order valence-electron chi connectivity index (χ4n) is 3.72. The Morgan fingerprint density at radius 3 is 2.75 bits per heavy atom. The summed E-state index contributed by atoms with van der Waals surface area (Å²) in [6.45, 7) is 5.16. The molecule has 2 amide bonds. The summed E-state index contributed by atoms with van der Waals surface area (Å²) in [5.74, 6) is 0.640.